The van der Waals surface area contributed by atoms with E-state index in [4.69, 9.17) is 0 Å². The van der Waals surface area contributed by atoms with Gasteiger partial charge in [-0.05, 0) is 25.5 Å². The maximum Gasteiger partial charge on any atom is 0.129 e. The molecule has 2 rings (SSSR count). The van der Waals surface area contributed by atoms with Crippen molar-refractivity contribution in [1.82, 2.24) is 15.0 Å². The Morgan fingerprint density at radius 1 is 1.17 bits per heavy atom. The van der Waals surface area contributed by atoms with Gasteiger partial charge in [0.2, 0.25) is 0 Å². The van der Waals surface area contributed by atoms with Crippen LogP contribution in [0.1, 0.15) is 30.4 Å². The van der Waals surface area contributed by atoms with Gasteiger partial charge in [-0.1, -0.05) is 19.4 Å². The summed E-state index contributed by atoms with van der Waals surface area (Å²) in [6, 6.07) is 8.02. The average Bonchev–Trinajstić information content (AvgIpc) is 2.37. The maximum absolute atomic E-state index is 4.44. The summed E-state index contributed by atoms with van der Waals surface area (Å²) in [5, 5.41) is 3.27. The van der Waals surface area contributed by atoms with Crippen molar-refractivity contribution in [3.63, 3.8) is 0 Å². The fourth-order valence-corrected chi connectivity index (χ4v) is 1.77. The smallest absolute Gasteiger partial charge is 0.129 e. The molecule has 0 aliphatic rings. The van der Waals surface area contributed by atoms with E-state index in [0.29, 0.717) is 6.54 Å². The van der Waals surface area contributed by atoms with Crippen LogP contribution in [0.5, 0.6) is 0 Å². The van der Waals surface area contributed by atoms with Crippen molar-refractivity contribution in [2.75, 3.05) is 5.32 Å². The molecule has 94 valence electrons. The van der Waals surface area contributed by atoms with Crippen LogP contribution in [0.2, 0.25) is 0 Å². The molecule has 0 aliphatic heterocycles. The topological polar surface area (TPSA) is 50.7 Å². The van der Waals surface area contributed by atoms with E-state index in [1.165, 1.54) is 0 Å². The quantitative estimate of drug-likeness (QED) is 0.876. The SMILES string of the molecule is CCCc1cc(NCc2cccc(C)n2)ncn1. The molecule has 18 heavy (non-hydrogen) atoms. The molecule has 0 bridgehead atoms. The van der Waals surface area contributed by atoms with Gasteiger partial charge < -0.3 is 5.32 Å². The van der Waals surface area contributed by atoms with Gasteiger partial charge in [-0.25, -0.2) is 9.97 Å². The van der Waals surface area contributed by atoms with Gasteiger partial charge in [0.1, 0.15) is 12.1 Å². The van der Waals surface area contributed by atoms with Gasteiger partial charge in [0, 0.05) is 17.5 Å². The van der Waals surface area contributed by atoms with Crippen LogP contribution in [0.4, 0.5) is 5.82 Å². The molecule has 0 aliphatic carbocycles. The number of aromatic nitrogens is 3. The largest absolute Gasteiger partial charge is 0.364 e. The first kappa shape index (κ1) is 12.5. The molecule has 2 heterocycles. The van der Waals surface area contributed by atoms with Crippen LogP contribution in [0.15, 0.2) is 30.6 Å². The summed E-state index contributed by atoms with van der Waals surface area (Å²) in [6.07, 6.45) is 3.69. The fraction of sp³-hybridized carbons (Fsp3) is 0.357. The van der Waals surface area contributed by atoms with Crippen molar-refractivity contribution in [3.8, 4) is 0 Å². The maximum atomic E-state index is 4.44. The summed E-state index contributed by atoms with van der Waals surface area (Å²) < 4.78 is 0. The summed E-state index contributed by atoms with van der Waals surface area (Å²) >= 11 is 0. The molecule has 0 spiro atoms. The van der Waals surface area contributed by atoms with E-state index in [9.17, 15) is 0 Å². The summed E-state index contributed by atoms with van der Waals surface area (Å²) in [5.74, 6) is 0.858. The Bertz CT molecular complexity index is 511. The van der Waals surface area contributed by atoms with E-state index < -0.39 is 0 Å². The third-order valence-corrected chi connectivity index (χ3v) is 2.63. The number of pyridine rings is 1. The minimum absolute atomic E-state index is 0.685. The van der Waals surface area contributed by atoms with E-state index >= 15 is 0 Å². The molecular formula is C14H18N4. The summed E-state index contributed by atoms with van der Waals surface area (Å²) in [4.78, 5) is 12.9. The standard InChI is InChI=1S/C14H18N4/c1-3-5-12-8-14(17-10-16-12)15-9-13-7-4-6-11(2)18-13/h4,6-8,10H,3,5,9H2,1-2H3,(H,15,16,17). The predicted molar refractivity (Wildman–Crippen MR) is 72.3 cm³/mol. The van der Waals surface area contributed by atoms with Crippen LogP contribution >= 0.6 is 0 Å². The van der Waals surface area contributed by atoms with E-state index in [0.717, 1.165) is 35.7 Å². The molecule has 0 unspecified atom stereocenters. The summed E-state index contributed by atoms with van der Waals surface area (Å²) in [6.45, 7) is 4.82. The van der Waals surface area contributed by atoms with Crippen molar-refractivity contribution in [3.05, 3.63) is 47.7 Å². The molecule has 2 aromatic rings. The van der Waals surface area contributed by atoms with Crippen molar-refractivity contribution < 1.29 is 0 Å². The fourth-order valence-electron chi connectivity index (χ4n) is 1.77. The lowest BCUT2D eigenvalue weighted by atomic mass is 10.2. The predicted octanol–water partition coefficient (Wildman–Crippen LogP) is 2.74. The van der Waals surface area contributed by atoms with E-state index in [1.807, 2.05) is 31.2 Å². The van der Waals surface area contributed by atoms with Gasteiger partial charge in [-0.2, -0.15) is 0 Å². The Hall–Kier alpha value is -1.97. The van der Waals surface area contributed by atoms with Gasteiger partial charge in [0.15, 0.2) is 0 Å². The summed E-state index contributed by atoms with van der Waals surface area (Å²) in [5.41, 5.74) is 3.13. The lowest BCUT2D eigenvalue weighted by Crippen LogP contribution is -2.04. The first-order valence-corrected chi connectivity index (χ1v) is 6.25. The van der Waals surface area contributed by atoms with Crippen molar-refractivity contribution >= 4 is 5.82 Å². The Balaban J connectivity index is 1.99. The zero-order valence-corrected chi connectivity index (χ0v) is 10.8. The lowest BCUT2D eigenvalue weighted by Gasteiger charge is -2.06. The molecule has 0 fully saturated rings. The highest BCUT2D eigenvalue weighted by Gasteiger charge is 1.99. The number of nitrogens with zero attached hydrogens (tertiary/aromatic N) is 3. The molecule has 0 atom stereocenters. The molecule has 2 aromatic heterocycles. The van der Waals surface area contributed by atoms with Gasteiger partial charge >= 0.3 is 0 Å². The van der Waals surface area contributed by atoms with Crippen molar-refractivity contribution in [2.24, 2.45) is 0 Å². The highest BCUT2D eigenvalue weighted by atomic mass is 15.0. The second-order valence-corrected chi connectivity index (χ2v) is 4.27. The first-order chi connectivity index (χ1) is 8.78. The Kier molecular flexibility index (Phi) is 4.23. The molecule has 4 heteroatoms. The minimum atomic E-state index is 0.685. The molecule has 0 aromatic carbocycles. The number of anilines is 1. The highest BCUT2D eigenvalue weighted by Crippen LogP contribution is 2.07. The molecule has 0 saturated carbocycles. The average molecular weight is 242 g/mol. The van der Waals surface area contributed by atoms with Crippen LogP contribution in [0.3, 0.4) is 0 Å². The number of hydrogen-bond acceptors (Lipinski definition) is 4. The molecule has 4 nitrogen and oxygen atoms in total. The molecule has 0 radical (unpaired) electrons. The number of nitrogens with one attached hydrogen (secondary N) is 1. The van der Waals surface area contributed by atoms with Crippen molar-refractivity contribution in [1.29, 1.82) is 0 Å². The minimum Gasteiger partial charge on any atom is -0.364 e. The van der Waals surface area contributed by atoms with Crippen LogP contribution in [0.25, 0.3) is 0 Å². The second kappa shape index (κ2) is 6.10. The van der Waals surface area contributed by atoms with Gasteiger partial charge in [0.05, 0.1) is 12.2 Å². The highest BCUT2D eigenvalue weighted by molar-refractivity contribution is 5.35. The van der Waals surface area contributed by atoms with Crippen LogP contribution in [-0.2, 0) is 13.0 Å². The third-order valence-electron chi connectivity index (χ3n) is 2.63. The van der Waals surface area contributed by atoms with Crippen molar-refractivity contribution in [2.45, 2.75) is 33.2 Å². The van der Waals surface area contributed by atoms with E-state index in [1.54, 1.807) is 6.33 Å². The Labute approximate surface area is 108 Å². The van der Waals surface area contributed by atoms with E-state index in [2.05, 4.69) is 27.2 Å². The molecule has 1 N–H and O–H groups in total. The Morgan fingerprint density at radius 2 is 2.06 bits per heavy atom. The summed E-state index contributed by atoms with van der Waals surface area (Å²) in [7, 11) is 0. The normalized spacial score (nSPS) is 10.3. The van der Waals surface area contributed by atoms with E-state index in [-0.39, 0.29) is 0 Å². The second-order valence-electron chi connectivity index (χ2n) is 4.27. The number of hydrogen-bond donors (Lipinski definition) is 1. The van der Waals surface area contributed by atoms with Gasteiger partial charge in [0.25, 0.3) is 0 Å². The molecular weight excluding hydrogens is 224 g/mol. The molecule has 0 amide bonds. The molecule has 0 saturated heterocycles. The Morgan fingerprint density at radius 3 is 2.83 bits per heavy atom. The number of aryl methyl sites for hydroxylation is 2. The third kappa shape index (κ3) is 3.52. The lowest BCUT2D eigenvalue weighted by molar-refractivity contribution is 0.870. The first-order valence-electron chi connectivity index (χ1n) is 6.25. The van der Waals surface area contributed by atoms with Crippen LogP contribution in [0, 0.1) is 6.92 Å². The zero-order chi connectivity index (χ0) is 12.8. The van der Waals surface area contributed by atoms with Gasteiger partial charge in [-0.15, -0.1) is 0 Å². The van der Waals surface area contributed by atoms with Crippen LogP contribution < -0.4 is 5.32 Å². The van der Waals surface area contributed by atoms with Crippen LogP contribution in [-0.4, -0.2) is 15.0 Å². The zero-order valence-electron chi connectivity index (χ0n) is 10.8. The number of rotatable bonds is 5. The monoisotopic (exact) mass is 242 g/mol. The van der Waals surface area contributed by atoms with Gasteiger partial charge in [-0.3, -0.25) is 4.98 Å².